The molecule has 0 saturated carbocycles. The van der Waals surface area contributed by atoms with Gasteiger partial charge in [-0.15, -0.1) is 0 Å². The van der Waals surface area contributed by atoms with E-state index in [1.807, 2.05) is 31.2 Å². The summed E-state index contributed by atoms with van der Waals surface area (Å²) in [7, 11) is 1.48. The second kappa shape index (κ2) is 6.67. The van der Waals surface area contributed by atoms with Gasteiger partial charge in [-0.25, -0.2) is 0 Å². The SMILES string of the molecule is COc1cc(C=C2SC(=S)N(c3cccc(C)c3)C2=O)ccc1O. The lowest BCUT2D eigenvalue weighted by atomic mass is 10.1. The van der Waals surface area contributed by atoms with Crippen LogP contribution in [0.2, 0.25) is 0 Å². The number of thiocarbonyl (C=S) groups is 1. The predicted octanol–water partition coefficient (Wildman–Crippen LogP) is 4.12. The highest BCUT2D eigenvalue weighted by molar-refractivity contribution is 8.27. The fourth-order valence-electron chi connectivity index (χ4n) is 2.39. The number of ether oxygens (including phenoxy) is 1. The lowest BCUT2D eigenvalue weighted by Gasteiger charge is -2.14. The number of amides is 1. The summed E-state index contributed by atoms with van der Waals surface area (Å²) in [6.45, 7) is 1.97. The molecular weight excluding hydrogens is 342 g/mol. The van der Waals surface area contributed by atoms with Crippen LogP contribution < -0.4 is 9.64 Å². The molecule has 1 fully saturated rings. The maximum atomic E-state index is 12.7. The second-order valence-electron chi connectivity index (χ2n) is 5.29. The van der Waals surface area contributed by atoms with Crippen LogP contribution in [0.4, 0.5) is 5.69 Å². The summed E-state index contributed by atoms with van der Waals surface area (Å²) in [5.41, 5.74) is 2.59. The predicted molar refractivity (Wildman–Crippen MR) is 101 cm³/mol. The van der Waals surface area contributed by atoms with Crippen LogP contribution in [0.5, 0.6) is 11.5 Å². The number of methoxy groups -OCH3 is 1. The molecule has 2 aromatic carbocycles. The molecule has 0 aliphatic carbocycles. The Morgan fingerprint density at radius 3 is 2.75 bits per heavy atom. The van der Waals surface area contributed by atoms with Crippen molar-refractivity contribution in [3.05, 3.63) is 58.5 Å². The van der Waals surface area contributed by atoms with E-state index in [2.05, 4.69) is 0 Å². The van der Waals surface area contributed by atoms with Gasteiger partial charge in [-0.3, -0.25) is 9.69 Å². The van der Waals surface area contributed by atoms with Crippen molar-refractivity contribution in [2.24, 2.45) is 0 Å². The number of aryl methyl sites for hydroxylation is 1. The van der Waals surface area contributed by atoms with E-state index in [4.69, 9.17) is 17.0 Å². The van der Waals surface area contributed by atoms with Gasteiger partial charge in [0.1, 0.15) is 0 Å². The van der Waals surface area contributed by atoms with Gasteiger partial charge >= 0.3 is 0 Å². The summed E-state index contributed by atoms with van der Waals surface area (Å²) in [5, 5.41) is 9.66. The van der Waals surface area contributed by atoms with E-state index in [-0.39, 0.29) is 11.7 Å². The number of rotatable bonds is 3. The van der Waals surface area contributed by atoms with Gasteiger partial charge in [0.25, 0.3) is 5.91 Å². The molecular formula is C18H15NO3S2. The Labute approximate surface area is 149 Å². The van der Waals surface area contributed by atoms with E-state index < -0.39 is 0 Å². The number of phenols is 1. The number of thioether (sulfide) groups is 1. The van der Waals surface area contributed by atoms with Crippen LogP contribution in [0.3, 0.4) is 0 Å². The Bertz CT molecular complexity index is 861. The Hall–Kier alpha value is -2.31. The Balaban J connectivity index is 1.94. The van der Waals surface area contributed by atoms with Crippen LogP contribution in [0.15, 0.2) is 47.4 Å². The molecule has 1 aliphatic rings. The van der Waals surface area contributed by atoms with Gasteiger partial charge in [0.15, 0.2) is 15.8 Å². The number of anilines is 1. The van der Waals surface area contributed by atoms with E-state index in [1.165, 1.54) is 29.8 Å². The third-order valence-electron chi connectivity index (χ3n) is 3.56. The van der Waals surface area contributed by atoms with Crippen molar-refractivity contribution in [1.82, 2.24) is 0 Å². The molecule has 0 atom stereocenters. The molecule has 0 aromatic heterocycles. The molecule has 0 unspecified atom stereocenters. The van der Waals surface area contributed by atoms with Gasteiger partial charge in [-0.05, 0) is 48.4 Å². The van der Waals surface area contributed by atoms with Crippen molar-refractivity contribution in [2.75, 3.05) is 12.0 Å². The maximum Gasteiger partial charge on any atom is 0.270 e. The van der Waals surface area contributed by atoms with Gasteiger partial charge < -0.3 is 9.84 Å². The number of phenolic OH excluding ortho intramolecular Hbond substituents is 1. The molecule has 3 rings (SSSR count). The Morgan fingerprint density at radius 1 is 1.25 bits per heavy atom. The number of carbonyl (C=O) groups is 1. The van der Waals surface area contributed by atoms with Crippen LogP contribution >= 0.6 is 24.0 Å². The number of hydrogen-bond acceptors (Lipinski definition) is 5. The van der Waals surface area contributed by atoms with Crippen LogP contribution in [0.25, 0.3) is 6.08 Å². The van der Waals surface area contributed by atoms with Crippen molar-refractivity contribution in [2.45, 2.75) is 6.92 Å². The first kappa shape index (κ1) is 16.5. The van der Waals surface area contributed by atoms with Crippen molar-refractivity contribution < 1.29 is 14.6 Å². The van der Waals surface area contributed by atoms with Gasteiger partial charge in [-0.1, -0.05) is 42.2 Å². The summed E-state index contributed by atoms with van der Waals surface area (Å²) in [6.07, 6.45) is 1.75. The average molecular weight is 357 g/mol. The third-order valence-corrected chi connectivity index (χ3v) is 4.86. The maximum absolute atomic E-state index is 12.7. The van der Waals surface area contributed by atoms with E-state index in [9.17, 15) is 9.90 Å². The summed E-state index contributed by atoms with van der Waals surface area (Å²) < 4.78 is 5.60. The molecule has 6 heteroatoms. The average Bonchev–Trinajstić information content (AvgIpc) is 2.83. The molecule has 1 amide bonds. The molecule has 0 radical (unpaired) electrons. The highest BCUT2D eigenvalue weighted by Crippen LogP contribution is 2.37. The minimum Gasteiger partial charge on any atom is -0.504 e. The second-order valence-corrected chi connectivity index (χ2v) is 6.96. The van der Waals surface area contributed by atoms with Crippen LogP contribution in [0, 0.1) is 6.92 Å². The fourth-order valence-corrected chi connectivity index (χ4v) is 3.69. The van der Waals surface area contributed by atoms with Crippen molar-refractivity contribution in [3.8, 4) is 11.5 Å². The molecule has 0 spiro atoms. The first-order valence-corrected chi connectivity index (χ1v) is 8.43. The molecule has 122 valence electrons. The minimum absolute atomic E-state index is 0.0574. The molecule has 2 aromatic rings. The van der Waals surface area contributed by atoms with E-state index in [0.717, 1.165) is 16.8 Å². The van der Waals surface area contributed by atoms with Crippen molar-refractivity contribution >= 4 is 46.0 Å². The zero-order valence-corrected chi connectivity index (χ0v) is 14.8. The minimum atomic E-state index is -0.150. The Morgan fingerprint density at radius 2 is 2.04 bits per heavy atom. The normalized spacial score (nSPS) is 16.1. The zero-order chi connectivity index (χ0) is 17.3. The summed E-state index contributed by atoms with van der Waals surface area (Å²) in [5.74, 6) is 0.266. The third kappa shape index (κ3) is 3.16. The number of carbonyl (C=O) groups excluding carboxylic acids is 1. The van der Waals surface area contributed by atoms with Crippen molar-refractivity contribution in [3.63, 3.8) is 0 Å². The molecule has 1 saturated heterocycles. The molecule has 1 heterocycles. The number of aromatic hydroxyl groups is 1. The highest BCUT2D eigenvalue weighted by Gasteiger charge is 2.33. The number of nitrogens with zero attached hydrogens (tertiary/aromatic N) is 1. The monoisotopic (exact) mass is 357 g/mol. The van der Waals surface area contributed by atoms with E-state index >= 15 is 0 Å². The quantitative estimate of drug-likeness (QED) is 0.662. The number of benzene rings is 2. The topological polar surface area (TPSA) is 49.8 Å². The van der Waals surface area contributed by atoms with Gasteiger partial charge in [0, 0.05) is 0 Å². The standard InChI is InChI=1S/C18H15NO3S2/c1-11-4-3-5-13(8-11)19-17(21)16(24-18(19)23)10-12-6-7-14(20)15(9-12)22-2/h3-10,20H,1-2H3. The Kier molecular flexibility index (Phi) is 4.59. The van der Waals surface area contributed by atoms with Crippen molar-refractivity contribution in [1.29, 1.82) is 0 Å². The zero-order valence-electron chi connectivity index (χ0n) is 13.1. The van der Waals surface area contributed by atoms with Gasteiger partial charge in [0.05, 0.1) is 17.7 Å². The van der Waals surface area contributed by atoms with E-state index in [0.29, 0.717) is 15.0 Å². The number of hydrogen-bond donors (Lipinski definition) is 1. The summed E-state index contributed by atoms with van der Waals surface area (Å²) >= 11 is 6.63. The molecule has 0 bridgehead atoms. The summed E-state index contributed by atoms with van der Waals surface area (Å²) in [6, 6.07) is 12.6. The molecule has 1 N–H and O–H groups in total. The largest absolute Gasteiger partial charge is 0.504 e. The molecule has 1 aliphatic heterocycles. The van der Waals surface area contributed by atoms with Crippen LogP contribution in [0.1, 0.15) is 11.1 Å². The van der Waals surface area contributed by atoms with Crippen LogP contribution in [-0.2, 0) is 4.79 Å². The first-order valence-electron chi connectivity index (χ1n) is 7.21. The van der Waals surface area contributed by atoms with Gasteiger partial charge in [0.2, 0.25) is 0 Å². The smallest absolute Gasteiger partial charge is 0.270 e. The molecule has 4 nitrogen and oxygen atoms in total. The highest BCUT2D eigenvalue weighted by atomic mass is 32.2. The first-order chi connectivity index (χ1) is 11.5. The van der Waals surface area contributed by atoms with E-state index in [1.54, 1.807) is 18.2 Å². The lowest BCUT2D eigenvalue weighted by Crippen LogP contribution is -2.27. The molecule has 24 heavy (non-hydrogen) atoms. The summed E-state index contributed by atoms with van der Waals surface area (Å²) in [4.78, 5) is 14.8. The lowest BCUT2D eigenvalue weighted by molar-refractivity contribution is -0.113. The van der Waals surface area contributed by atoms with Crippen LogP contribution in [-0.4, -0.2) is 22.4 Å². The van der Waals surface area contributed by atoms with Gasteiger partial charge in [-0.2, -0.15) is 0 Å². The fraction of sp³-hybridized carbons (Fsp3) is 0.111.